The Morgan fingerprint density at radius 2 is 1.83 bits per heavy atom. The maximum Gasteiger partial charge on any atom is 0.281 e. The van der Waals surface area contributed by atoms with Gasteiger partial charge in [0, 0.05) is 12.0 Å². The topological polar surface area (TPSA) is 72.1 Å². The third kappa shape index (κ3) is 4.17. The fraction of sp³-hybridized carbons (Fsp3) is 0.208. The number of hydrogen-bond acceptors (Lipinski definition) is 5. The third-order valence-electron chi connectivity index (χ3n) is 5.05. The molecule has 0 aliphatic carbocycles. The Hall–Kier alpha value is -3.67. The van der Waals surface area contributed by atoms with Gasteiger partial charge in [0.25, 0.3) is 5.91 Å². The van der Waals surface area contributed by atoms with E-state index in [9.17, 15) is 9.59 Å². The fourth-order valence-electron chi connectivity index (χ4n) is 3.36. The van der Waals surface area contributed by atoms with Crippen LogP contribution in [-0.2, 0) is 4.79 Å². The number of benzene rings is 2. The first-order valence-electron chi connectivity index (χ1n) is 9.75. The van der Waals surface area contributed by atoms with E-state index in [0.29, 0.717) is 23.5 Å². The lowest BCUT2D eigenvalue weighted by Gasteiger charge is -2.20. The highest BCUT2D eigenvalue weighted by Crippen LogP contribution is 2.33. The molecule has 0 spiro atoms. The zero-order chi connectivity index (χ0) is 21.1. The molecule has 0 radical (unpaired) electrons. The first-order valence-corrected chi connectivity index (χ1v) is 9.75. The number of rotatable bonds is 6. The molecule has 0 saturated heterocycles. The number of hydrogen-bond donors (Lipinski definition) is 0. The van der Waals surface area contributed by atoms with Gasteiger partial charge in [-0.25, -0.2) is 5.01 Å². The number of carbonyl (C=O) groups excluding carboxylic acids is 2. The summed E-state index contributed by atoms with van der Waals surface area (Å²) in [5.74, 6) is 0.910. The third-order valence-corrected chi connectivity index (χ3v) is 5.05. The van der Waals surface area contributed by atoms with E-state index in [4.69, 9.17) is 9.15 Å². The second-order valence-corrected chi connectivity index (χ2v) is 7.26. The summed E-state index contributed by atoms with van der Waals surface area (Å²) in [5.41, 5.74) is 3.57. The Kier molecular flexibility index (Phi) is 5.48. The van der Waals surface area contributed by atoms with Crippen molar-refractivity contribution in [3.05, 3.63) is 89.4 Å². The van der Waals surface area contributed by atoms with Crippen molar-refractivity contribution >= 4 is 17.4 Å². The first kappa shape index (κ1) is 19.6. The molecule has 0 N–H and O–H groups in total. The van der Waals surface area contributed by atoms with E-state index in [1.165, 1.54) is 11.9 Å². The summed E-state index contributed by atoms with van der Waals surface area (Å²) in [5, 5.41) is 6.03. The summed E-state index contributed by atoms with van der Waals surface area (Å²) in [4.78, 5) is 24.3. The van der Waals surface area contributed by atoms with Crippen molar-refractivity contribution in [1.82, 2.24) is 5.01 Å². The van der Waals surface area contributed by atoms with Crippen LogP contribution in [0.4, 0.5) is 0 Å². The number of furan rings is 1. The van der Waals surface area contributed by atoms with E-state index in [0.717, 1.165) is 16.8 Å². The van der Waals surface area contributed by atoms with Crippen LogP contribution in [0.2, 0.25) is 0 Å². The number of carbonyl (C=O) groups is 2. The minimum absolute atomic E-state index is 0.0195. The van der Waals surface area contributed by atoms with Crippen LogP contribution < -0.4 is 4.74 Å². The molecule has 1 aliphatic rings. The minimum Gasteiger partial charge on any atom is -0.484 e. The number of ether oxygens (including phenoxy) is 1. The van der Waals surface area contributed by atoms with Crippen molar-refractivity contribution in [2.45, 2.75) is 26.3 Å². The van der Waals surface area contributed by atoms with Gasteiger partial charge in [0.2, 0.25) is 0 Å². The molecule has 2 aromatic carbocycles. The number of amides is 1. The van der Waals surface area contributed by atoms with E-state index in [1.807, 2.05) is 37.3 Å². The van der Waals surface area contributed by atoms with E-state index in [2.05, 4.69) is 5.10 Å². The highest BCUT2D eigenvalue weighted by atomic mass is 16.5. The zero-order valence-electron chi connectivity index (χ0n) is 16.9. The van der Waals surface area contributed by atoms with E-state index in [-0.39, 0.29) is 24.3 Å². The summed E-state index contributed by atoms with van der Waals surface area (Å²) in [6, 6.07) is 18.1. The molecule has 1 aliphatic heterocycles. The number of ketones is 1. The molecular formula is C24H22N2O4. The second-order valence-electron chi connectivity index (χ2n) is 7.26. The first-order chi connectivity index (χ1) is 14.5. The van der Waals surface area contributed by atoms with E-state index < -0.39 is 0 Å². The zero-order valence-corrected chi connectivity index (χ0v) is 16.9. The number of aryl methyl sites for hydroxylation is 1. The molecule has 1 aromatic heterocycles. The van der Waals surface area contributed by atoms with Crippen LogP contribution in [0, 0.1) is 6.92 Å². The van der Waals surface area contributed by atoms with Gasteiger partial charge < -0.3 is 9.15 Å². The summed E-state index contributed by atoms with van der Waals surface area (Å²) >= 11 is 0. The average Bonchev–Trinajstić information content (AvgIpc) is 3.43. The fourth-order valence-corrected chi connectivity index (χ4v) is 3.36. The second kappa shape index (κ2) is 8.37. The maximum atomic E-state index is 12.9. The molecule has 6 heteroatoms. The largest absolute Gasteiger partial charge is 0.484 e. The molecule has 0 fully saturated rings. The van der Waals surface area contributed by atoms with Gasteiger partial charge in [-0.1, -0.05) is 29.8 Å². The smallest absolute Gasteiger partial charge is 0.281 e. The molecule has 1 atom stereocenters. The van der Waals surface area contributed by atoms with Crippen molar-refractivity contribution in [2.24, 2.45) is 5.10 Å². The lowest BCUT2D eigenvalue weighted by molar-refractivity contribution is -0.135. The number of hydrazone groups is 1. The van der Waals surface area contributed by atoms with Crippen LogP contribution in [0.15, 0.2) is 76.4 Å². The predicted molar refractivity (Wildman–Crippen MR) is 113 cm³/mol. The molecule has 0 unspecified atom stereocenters. The Morgan fingerprint density at radius 1 is 1.10 bits per heavy atom. The Morgan fingerprint density at radius 3 is 2.47 bits per heavy atom. The molecular weight excluding hydrogens is 380 g/mol. The van der Waals surface area contributed by atoms with Gasteiger partial charge in [-0.3, -0.25) is 9.59 Å². The Balaban J connectivity index is 1.51. The van der Waals surface area contributed by atoms with Crippen molar-refractivity contribution < 1.29 is 18.7 Å². The van der Waals surface area contributed by atoms with Gasteiger partial charge in [-0.15, -0.1) is 0 Å². The number of Topliss-reactive ketones (excluding diaryl/α,β-unsaturated/α-hetero) is 1. The van der Waals surface area contributed by atoms with Crippen LogP contribution in [0.5, 0.6) is 5.75 Å². The van der Waals surface area contributed by atoms with Crippen molar-refractivity contribution in [1.29, 1.82) is 0 Å². The average molecular weight is 402 g/mol. The monoisotopic (exact) mass is 402 g/mol. The van der Waals surface area contributed by atoms with Gasteiger partial charge in [0.1, 0.15) is 17.6 Å². The van der Waals surface area contributed by atoms with Gasteiger partial charge in [-0.05, 0) is 55.8 Å². The van der Waals surface area contributed by atoms with Crippen LogP contribution in [0.1, 0.15) is 46.6 Å². The summed E-state index contributed by atoms with van der Waals surface area (Å²) in [7, 11) is 0. The highest BCUT2D eigenvalue weighted by molar-refractivity contribution is 6.03. The highest BCUT2D eigenvalue weighted by Gasteiger charge is 2.35. The molecule has 1 amide bonds. The van der Waals surface area contributed by atoms with Crippen molar-refractivity contribution in [3.8, 4) is 5.75 Å². The molecule has 6 nitrogen and oxygen atoms in total. The van der Waals surface area contributed by atoms with Gasteiger partial charge in [-0.2, -0.15) is 5.10 Å². The van der Waals surface area contributed by atoms with E-state index in [1.54, 1.807) is 36.6 Å². The minimum atomic E-state index is -0.313. The molecule has 0 bridgehead atoms. The van der Waals surface area contributed by atoms with Gasteiger partial charge >= 0.3 is 0 Å². The standard InChI is InChI=1S/C24H22N2O4/c1-16-5-7-19(8-6-16)21-14-22(23-4-3-13-29-23)26(25-21)24(28)15-30-20-11-9-18(10-12-20)17(2)27/h3-13,22H,14-15H2,1-2H3/t22-/m0/s1. The molecule has 30 heavy (non-hydrogen) atoms. The van der Waals surface area contributed by atoms with Crippen LogP contribution >= 0.6 is 0 Å². The molecule has 3 aromatic rings. The molecule has 152 valence electrons. The van der Waals surface area contributed by atoms with Crippen LogP contribution in [0.25, 0.3) is 0 Å². The molecule has 0 saturated carbocycles. The Bertz CT molecular complexity index is 1070. The summed E-state index contributed by atoms with van der Waals surface area (Å²) < 4.78 is 11.2. The summed E-state index contributed by atoms with van der Waals surface area (Å²) in [6.07, 6.45) is 2.16. The predicted octanol–water partition coefficient (Wildman–Crippen LogP) is 4.55. The van der Waals surface area contributed by atoms with Crippen LogP contribution in [0.3, 0.4) is 0 Å². The van der Waals surface area contributed by atoms with Crippen molar-refractivity contribution in [2.75, 3.05) is 6.61 Å². The van der Waals surface area contributed by atoms with Gasteiger partial charge in [0.15, 0.2) is 12.4 Å². The lowest BCUT2D eigenvalue weighted by Crippen LogP contribution is -2.31. The maximum absolute atomic E-state index is 12.9. The molecule has 2 heterocycles. The normalized spacial score (nSPS) is 15.7. The van der Waals surface area contributed by atoms with Crippen LogP contribution in [-0.4, -0.2) is 29.0 Å². The SMILES string of the molecule is CC(=O)c1ccc(OCC(=O)N2N=C(c3ccc(C)cc3)C[C@H]2c2ccco2)cc1. The molecule has 4 rings (SSSR count). The van der Waals surface area contributed by atoms with Crippen molar-refractivity contribution in [3.63, 3.8) is 0 Å². The quantitative estimate of drug-likeness (QED) is 0.567. The number of nitrogens with zero attached hydrogens (tertiary/aromatic N) is 2. The van der Waals surface area contributed by atoms with Gasteiger partial charge in [0.05, 0.1) is 12.0 Å². The summed E-state index contributed by atoms with van der Waals surface area (Å²) in [6.45, 7) is 3.37. The Labute approximate surface area is 174 Å². The lowest BCUT2D eigenvalue weighted by atomic mass is 10.0. The van der Waals surface area contributed by atoms with E-state index >= 15 is 0 Å².